The van der Waals surface area contributed by atoms with Crippen LogP contribution in [0.4, 0.5) is 0 Å². The summed E-state index contributed by atoms with van der Waals surface area (Å²) in [6.45, 7) is 6.78. The van der Waals surface area contributed by atoms with E-state index >= 15 is 0 Å². The van der Waals surface area contributed by atoms with Gasteiger partial charge in [0.2, 0.25) is 5.88 Å². The molecule has 0 rings (SSSR count). The van der Waals surface area contributed by atoms with E-state index in [0.717, 1.165) is 4.91 Å². The number of aliphatic hydroxyl groups is 1. The molecule has 0 saturated carbocycles. The molecule has 0 spiro atoms. The van der Waals surface area contributed by atoms with Crippen molar-refractivity contribution < 1.29 is 5.11 Å². The summed E-state index contributed by atoms with van der Waals surface area (Å²) in [5.41, 5.74) is 0. The highest BCUT2D eigenvalue weighted by Gasteiger charge is 1.82. The van der Waals surface area contributed by atoms with Gasteiger partial charge in [0, 0.05) is 11.1 Å². The fourth-order valence-corrected chi connectivity index (χ4v) is 0.357. The molecule has 0 aliphatic heterocycles. The fourth-order valence-electron chi connectivity index (χ4n) is 0.199. The summed E-state index contributed by atoms with van der Waals surface area (Å²) in [6, 6.07) is 0. The van der Waals surface area contributed by atoms with Crippen LogP contribution in [0.25, 0.3) is 0 Å². The van der Waals surface area contributed by atoms with Crippen LogP contribution in [0.3, 0.4) is 0 Å². The zero-order chi connectivity index (χ0) is 7.28. The Labute approximate surface area is 59.0 Å². The van der Waals surface area contributed by atoms with Crippen molar-refractivity contribution >= 4 is 18.0 Å². The van der Waals surface area contributed by atoms with Crippen LogP contribution in [0.15, 0.2) is 28.9 Å². The van der Waals surface area contributed by atoms with Gasteiger partial charge in [-0.25, -0.2) is 4.99 Å². The number of aliphatic hydroxyl groups excluding tert-OH is 1. The molecule has 9 heavy (non-hydrogen) atoms. The van der Waals surface area contributed by atoms with Crippen LogP contribution in [0.1, 0.15) is 0 Å². The molecule has 0 aromatic carbocycles. The number of hydrogen-bond donors (Lipinski definition) is 1. The predicted octanol–water partition coefficient (Wildman–Crippen LogP) is 1.96. The first-order chi connectivity index (χ1) is 4.16. The lowest BCUT2D eigenvalue weighted by molar-refractivity contribution is 0.410. The van der Waals surface area contributed by atoms with Gasteiger partial charge in [-0.1, -0.05) is 6.58 Å². The first-order valence-corrected chi connectivity index (χ1v) is 3.54. The van der Waals surface area contributed by atoms with Crippen LogP contribution in [-0.2, 0) is 0 Å². The van der Waals surface area contributed by atoms with Gasteiger partial charge in [-0.05, 0) is 12.8 Å². The Balaban J connectivity index is 3.71. The van der Waals surface area contributed by atoms with Crippen molar-refractivity contribution in [1.82, 2.24) is 0 Å². The first-order valence-electron chi connectivity index (χ1n) is 2.31. The quantitative estimate of drug-likeness (QED) is 0.484. The number of hydrogen-bond acceptors (Lipinski definition) is 3. The summed E-state index contributed by atoms with van der Waals surface area (Å²) < 4.78 is 0. The van der Waals surface area contributed by atoms with Gasteiger partial charge in [-0.3, -0.25) is 0 Å². The summed E-state index contributed by atoms with van der Waals surface area (Å²) in [5.74, 6) is -0.190. The topological polar surface area (TPSA) is 32.6 Å². The number of aliphatic imine (C=N–C) groups is 1. The molecule has 0 aromatic heterocycles. The van der Waals surface area contributed by atoms with Gasteiger partial charge in [0.25, 0.3) is 0 Å². The van der Waals surface area contributed by atoms with Crippen molar-refractivity contribution in [2.75, 3.05) is 6.26 Å². The lowest BCUT2D eigenvalue weighted by Crippen LogP contribution is -1.75. The van der Waals surface area contributed by atoms with E-state index in [1.165, 1.54) is 18.0 Å². The Morgan fingerprint density at radius 3 is 2.56 bits per heavy atom. The molecule has 2 nitrogen and oxygen atoms in total. The SMILES string of the molecule is C=C(O)/N=C\C(=C)SC. The molecule has 0 heterocycles. The summed E-state index contributed by atoms with van der Waals surface area (Å²) in [4.78, 5) is 4.31. The third-order valence-corrected chi connectivity index (χ3v) is 1.25. The Kier molecular flexibility index (Phi) is 3.88. The smallest absolute Gasteiger partial charge is 0.203 e. The minimum absolute atomic E-state index is 0.190. The largest absolute Gasteiger partial charge is 0.494 e. The molecule has 0 aliphatic carbocycles. The Bertz CT molecular complexity index is 151. The third kappa shape index (κ3) is 5.17. The Hall–Kier alpha value is -0.700. The second-order valence-electron chi connectivity index (χ2n) is 1.34. The summed E-state index contributed by atoms with van der Waals surface area (Å²) in [6.07, 6.45) is 3.35. The number of thioether (sulfide) groups is 1. The van der Waals surface area contributed by atoms with E-state index in [0.29, 0.717) is 0 Å². The highest BCUT2D eigenvalue weighted by Crippen LogP contribution is 2.04. The van der Waals surface area contributed by atoms with Gasteiger partial charge in [0.15, 0.2) is 0 Å². The van der Waals surface area contributed by atoms with Crippen molar-refractivity contribution in [2.45, 2.75) is 0 Å². The lowest BCUT2D eigenvalue weighted by atomic mass is 10.7. The maximum absolute atomic E-state index is 8.45. The van der Waals surface area contributed by atoms with Crippen LogP contribution in [0.5, 0.6) is 0 Å². The lowest BCUT2D eigenvalue weighted by Gasteiger charge is -1.88. The molecule has 50 valence electrons. The zero-order valence-corrected chi connectivity index (χ0v) is 6.11. The van der Waals surface area contributed by atoms with E-state index < -0.39 is 0 Å². The van der Waals surface area contributed by atoms with Crippen molar-refractivity contribution in [3.05, 3.63) is 23.9 Å². The van der Waals surface area contributed by atoms with Gasteiger partial charge in [-0.2, -0.15) is 0 Å². The monoisotopic (exact) mass is 143 g/mol. The summed E-state index contributed by atoms with van der Waals surface area (Å²) in [7, 11) is 0. The van der Waals surface area contributed by atoms with Crippen LogP contribution < -0.4 is 0 Å². The molecular weight excluding hydrogens is 134 g/mol. The van der Waals surface area contributed by atoms with E-state index in [4.69, 9.17) is 5.11 Å². The van der Waals surface area contributed by atoms with E-state index in [1.807, 2.05) is 6.26 Å². The van der Waals surface area contributed by atoms with E-state index in [9.17, 15) is 0 Å². The molecule has 0 radical (unpaired) electrons. The highest BCUT2D eigenvalue weighted by atomic mass is 32.2. The average molecular weight is 143 g/mol. The normalized spacial score (nSPS) is 9.89. The zero-order valence-electron chi connectivity index (χ0n) is 5.29. The van der Waals surface area contributed by atoms with E-state index in [2.05, 4.69) is 18.2 Å². The van der Waals surface area contributed by atoms with Gasteiger partial charge < -0.3 is 5.11 Å². The molecule has 1 N–H and O–H groups in total. The molecule has 0 aliphatic rings. The Morgan fingerprint density at radius 2 is 2.22 bits per heavy atom. The molecule has 0 unspecified atom stereocenters. The summed E-state index contributed by atoms with van der Waals surface area (Å²) >= 11 is 1.47. The van der Waals surface area contributed by atoms with Crippen molar-refractivity contribution in [2.24, 2.45) is 4.99 Å². The predicted molar refractivity (Wildman–Crippen MR) is 42.9 cm³/mol. The second-order valence-corrected chi connectivity index (χ2v) is 2.28. The van der Waals surface area contributed by atoms with E-state index in [1.54, 1.807) is 0 Å². The van der Waals surface area contributed by atoms with Gasteiger partial charge >= 0.3 is 0 Å². The highest BCUT2D eigenvalue weighted by molar-refractivity contribution is 8.03. The third-order valence-electron chi connectivity index (χ3n) is 0.620. The second kappa shape index (κ2) is 4.21. The minimum Gasteiger partial charge on any atom is -0.494 e. The molecule has 0 fully saturated rings. The van der Waals surface area contributed by atoms with Crippen LogP contribution >= 0.6 is 11.8 Å². The number of nitrogens with zero attached hydrogens (tertiary/aromatic N) is 1. The minimum atomic E-state index is -0.190. The maximum atomic E-state index is 8.45. The van der Waals surface area contributed by atoms with Crippen molar-refractivity contribution in [1.29, 1.82) is 0 Å². The number of rotatable bonds is 3. The molecule has 0 aromatic rings. The van der Waals surface area contributed by atoms with Gasteiger partial charge in [-0.15, -0.1) is 11.8 Å². The first kappa shape index (κ1) is 8.30. The maximum Gasteiger partial charge on any atom is 0.203 e. The van der Waals surface area contributed by atoms with E-state index in [-0.39, 0.29) is 5.88 Å². The summed E-state index contributed by atoms with van der Waals surface area (Å²) in [5, 5.41) is 8.45. The standard InChI is InChI=1S/C6H9NOS/c1-5(9-3)4-7-6(2)8/h4,8H,1-2H2,3H3/b7-4-. The molecule has 3 heteroatoms. The van der Waals surface area contributed by atoms with Gasteiger partial charge in [0.1, 0.15) is 0 Å². The molecular formula is C6H9NOS. The van der Waals surface area contributed by atoms with Crippen molar-refractivity contribution in [3.63, 3.8) is 0 Å². The Morgan fingerprint density at radius 1 is 1.67 bits per heavy atom. The van der Waals surface area contributed by atoms with Gasteiger partial charge in [0.05, 0.1) is 0 Å². The molecule has 0 atom stereocenters. The molecule has 0 amide bonds. The van der Waals surface area contributed by atoms with Crippen molar-refractivity contribution in [3.8, 4) is 0 Å². The van der Waals surface area contributed by atoms with Crippen LogP contribution in [0, 0.1) is 0 Å². The molecule has 0 saturated heterocycles. The fraction of sp³-hybridized carbons (Fsp3) is 0.167. The van der Waals surface area contributed by atoms with Crippen LogP contribution in [-0.4, -0.2) is 17.6 Å². The van der Waals surface area contributed by atoms with Crippen LogP contribution in [0.2, 0.25) is 0 Å². The average Bonchev–Trinajstić information content (AvgIpc) is 1.83. The number of allylic oxidation sites excluding steroid dienone is 1. The molecule has 0 bridgehead atoms.